The van der Waals surface area contributed by atoms with Crippen molar-refractivity contribution >= 4 is 41.7 Å². The highest BCUT2D eigenvalue weighted by Gasteiger charge is 2.11. The van der Waals surface area contributed by atoms with Gasteiger partial charge in [0.2, 0.25) is 0 Å². The van der Waals surface area contributed by atoms with E-state index in [9.17, 15) is 4.79 Å². The van der Waals surface area contributed by atoms with E-state index < -0.39 is 0 Å². The second-order valence-electron chi connectivity index (χ2n) is 4.42. The Hall–Kier alpha value is -0.460. The molecule has 1 aliphatic rings. The maximum Gasteiger partial charge on any atom is 0.316 e. The van der Waals surface area contributed by atoms with Crippen LogP contribution in [0.1, 0.15) is 0 Å². The minimum absolute atomic E-state index is 0. The minimum atomic E-state index is -0.182. The summed E-state index contributed by atoms with van der Waals surface area (Å²) in [6.45, 7) is 4.58. The number of benzene rings is 1. The van der Waals surface area contributed by atoms with Crippen LogP contribution in [0.4, 0.5) is 0 Å². The first-order valence-electron chi connectivity index (χ1n) is 6.58. The largest absolute Gasteiger partial charge is 0.464 e. The Balaban J connectivity index is 0.00000220. The summed E-state index contributed by atoms with van der Waals surface area (Å²) in [6, 6.07) is 7.42. The van der Waals surface area contributed by atoms with Gasteiger partial charge in [-0.2, -0.15) is 0 Å². The summed E-state index contributed by atoms with van der Waals surface area (Å²) in [5.74, 6) is 0.142. The van der Waals surface area contributed by atoms with E-state index in [1.807, 2.05) is 24.3 Å². The van der Waals surface area contributed by atoms with Crippen LogP contribution in [0.25, 0.3) is 0 Å². The molecule has 0 amide bonds. The first-order valence-corrected chi connectivity index (χ1v) is 7.94. The normalized spacial score (nSPS) is 15.3. The molecule has 1 aromatic rings. The predicted molar refractivity (Wildman–Crippen MR) is 87.6 cm³/mol. The monoisotopic (exact) mass is 351 g/mol. The van der Waals surface area contributed by atoms with E-state index in [1.165, 1.54) is 11.8 Å². The van der Waals surface area contributed by atoms with E-state index in [0.717, 1.165) is 37.7 Å². The third kappa shape index (κ3) is 7.38. The summed E-state index contributed by atoms with van der Waals surface area (Å²) in [5.41, 5.74) is 0. The fourth-order valence-corrected chi connectivity index (χ4v) is 2.65. The van der Waals surface area contributed by atoms with Crippen molar-refractivity contribution in [3.8, 4) is 0 Å². The molecule has 0 spiro atoms. The van der Waals surface area contributed by atoms with Gasteiger partial charge >= 0.3 is 5.97 Å². The molecule has 0 aliphatic carbocycles. The van der Waals surface area contributed by atoms with Crippen LogP contribution in [0, 0.1) is 0 Å². The minimum Gasteiger partial charge on any atom is -0.464 e. The number of thioether (sulfide) groups is 1. The Morgan fingerprint density at radius 3 is 2.62 bits per heavy atom. The fraction of sp³-hybridized carbons (Fsp3) is 0.500. The van der Waals surface area contributed by atoms with Crippen molar-refractivity contribution in [1.29, 1.82) is 0 Å². The van der Waals surface area contributed by atoms with E-state index in [0.29, 0.717) is 17.4 Å². The first-order chi connectivity index (χ1) is 9.74. The van der Waals surface area contributed by atoms with Crippen molar-refractivity contribution in [3.63, 3.8) is 0 Å². The van der Waals surface area contributed by atoms with Crippen LogP contribution in [0.5, 0.6) is 0 Å². The zero-order chi connectivity index (χ0) is 14.2. The SMILES string of the molecule is Cl.O=C(CSc1ccc(Cl)cc1)OCCN1CCOCC1. The molecule has 1 aromatic carbocycles. The Morgan fingerprint density at radius 2 is 1.95 bits per heavy atom. The molecule has 0 radical (unpaired) electrons. The van der Waals surface area contributed by atoms with Crippen LogP contribution >= 0.6 is 35.8 Å². The molecular weight excluding hydrogens is 333 g/mol. The Morgan fingerprint density at radius 1 is 1.29 bits per heavy atom. The van der Waals surface area contributed by atoms with Crippen molar-refractivity contribution in [2.45, 2.75) is 4.90 Å². The quantitative estimate of drug-likeness (QED) is 0.582. The molecule has 118 valence electrons. The fourth-order valence-electron chi connectivity index (χ4n) is 1.83. The third-order valence-electron chi connectivity index (χ3n) is 2.94. The molecule has 7 heteroatoms. The van der Waals surface area contributed by atoms with Crippen molar-refractivity contribution in [2.24, 2.45) is 0 Å². The molecule has 0 atom stereocenters. The van der Waals surface area contributed by atoms with E-state index >= 15 is 0 Å². The van der Waals surface area contributed by atoms with Crippen LogP contribution in [-0.2, 0) is 14.3 Å². The first kappa shape index (κ1) is 18.6. The van der Waals surface area contributed by atoms with Crippen molar-refractivity contribution < 1.29 is 14.3 Å². The van der Waals surface area contributed by atoms with Crippen LogP contribution in [0.2, 0.25) is 5.02 Å². The summed E-state index contributed by atoms with van der Waals surface area (Å²) in [5, 5.41) is 0.697. The number of carbonyl (C=O) groups is 1. The molecule has 1 saturated heterocycles. The predicted octanol–water partition coefficient (Wildman–Crippen LogP) is 2.73. The second-order valence-corrected chi connectivity index (χ2v) is 5.90. The van der Waals surface area contributed by atoms with Crippen molar-refractivity contribution in [1.82, 2.24) is 4.90 Å². The lowest BCUT2D eigenvalue weighted by molar-refractivity contribution is -0.141. The van der Waals surface area contributed by atoms with Crippen molar-refractivity contribution in [2.75, 3.05) is 45.2 Å². The molecule has 1 heterocycles. The van der Waals surface area contributed by atoms with Gasteiger partial charge < -0.3 is 9.47 Å². The number of esters is 1. The number of nitrogens with zero attached hydrogens (tertiary/aromatic N) is 1. The van der Waals surface area contributed by atoms with Gasteiger partial charge in [-0.3, -0.25) is 9.69 Å². The molecule has 4 nitrogen and oxygen atoms in total. The van der Waals surface area contributed by atoms with Gasteiger partial charge in [-0.05, 0) is 24.3 Å². The zero-order valence-corrected chi connectivity index (χ0v) is 14.0. The van der Waals surface area contributed by atoms with E-state index in [-0.39, 0.29) is 18.4 Å². The average Bonchev–Trinajstić information content (AvgIpc) is 2.48. The van der Waals surface area contributed by atoms with Gasteiger partial charge in [-0.1, -0.05) is 11.6 Å². The molecular formula is C14H19Cl2NO3S. The summed E-state index contributed by atoms with van der Waals surface area (Å²) in [7, 11) is 0. The van der Waals surface area contributed by atoms with Crippen LogP contribution < -0.4 is 0 Å². The smallest absolute Gasteiger partial charge is 0.316 e. The van der Waals surface area contributed by atoms with Gasteiger partial charge in [0.05, 0.1) is 19.0 Å². The van der Waals surface area contributed by atoms with Gasteiger partial charge in [-0.15, -0.1) is 24.2 Å². The number of ether oxygens (including phenoxy) is 2. The van der Waals surface area contributed by atoms with Crippen LogP contribution in [-0.4, -0.2) is 56.1 Å². The molecule has 21 heavy (non-hydrogen) atoms. The van der Waals surface area contributed by atoms with Gasteiger partial charge in [0, 0.05) is 29.6 Å². The number of carbonyl (C=O) groups excluding carboxylic acids is 1. The standard InChI is InChI=1S/C14H18ClNO3S.ClH/c15-12-1-3-13(4-2-12)20-11-14(17)19-10-7-16-5-8-18-9-6-16;/h1-4H,5-11H2;1H. The molecule has 0 bridgehead atoms. The molecule has 2 rings (SSSR count). The summed E-state index contributed by atoms with van der Waals surface area (Å²) in [6.07, 6.45) is 0. The summed E-state index contributed by atoms with van der Waals surface area (Å²) in [4.78, 5) is 14.9. The molecule has 0 aromatic heterocycles. The zero-order valence-electron chi connectivity index (χ0n) is 11.6. The molecule has 0 N–H and O–H groups in total. The number of hydrogen-bond acceptors (Lipinski definition) is 5. The third-order valence-corrected chi connectivity index (χ3v) is 4.18. The van der Waals surface area contributed by atoms with Crippen LogP contribution in [0.3, 0.4) is 0 Å². The summed E-state index contributed by atoms with van der Waals surface area (Å²) >= 11 is 7.26. The second kappa shape index (κ2) is 10.3. The lowest BCUT2D eigenvalue weighted by Crippen LogP contribution is -2.38. The van der Waals surface area contributed by atoms with E-state index in [2.05, 4.69) is 4.90 Å². The van der Waals surface area contributed by atoms with Gasteiger partial charge in [0.1, 0.15) is 6.61 Å². The summed E-state index contributed by atoms with van der Waals surface area (Å²) < 4.78 is 10.5. The van der Waals surface area contributed by atoms with E-state index in [1.54, 1.807) is 0 Å². The van der Waals surface area contributed by atoms with Crippen molar-refractivity contribution in [3.05, 3.63) is 29.3 Å². The molecule has 1 aliphatic heterocycles. The average molecular weight is 352 g/mol. The topological polar surface area (TPSA) is 38.8 Å². The Labute approximate surface area is 140 Å². The van der Waals surface area contributed by atoms with Gasteiger partial charge in [-0.25, -0.2) is 0 Å². The van der Waals surface area contributed by atoms with E-state index in [4.69, 9.17) is 21.1 Å². The highest BCUT2D eigenvalue weighted by atomic mass is 35.5. The lowest BCUT2D eigenvalue weighted by atomic mass is 10.4. The van der Waals surface area contributed by atoms with Gasteiger partial charge in [0.25, 0.3) is 0 Å². The lowest BCUT2D eigenvalue weighted by Gasteiger charge is -2.26. The number of halogens is 2. The van der Waals surface area contributed by atoms with Gasteiger partial charge in [0.15, 0.2) is 0 Å². The Bertz CT molecular complexity index is 425. The molecule has 0 unspecified atom stereocenters. The maximum atomic E-state index is 11.6. The molecule has 1 fully saturated rings. The highest BCUT2D eigenvalue weighted by molar-refractivity contribution is 8.00. The highest BCUT2D eigenvalue weighted by Crippen LogP contribution is 2.20. The molecule has 0 saturated carbocycles. The number of hydrogen-bond donors (Lipinski definition) is 0. The Kier molecular flexibility index (Phi) is 9.11. The number of morpholine rings is 1. The number of rotatable bonds is 6. The van der Waals surface area contributed by atoms with Crippen LogP contribution in [0.15, 0.2) is 29.2 Å². The maximum absolute atomic E-state index is 11.6.